The van der Waals surface area contributed by atoms with Crippen molar-refractivity contribution in [3.63, 3.8) is 0 Å². The molecule has 16 heavy (non-hydrogen) atoms. The number of nitrogens with zero attached hydrogens (tertiary/aromatic N) is 1. The molecule has 1 atom stereocenters. The summed E-state index contributed by atoms with van der Waals surface area (Å²) in [5, 5.41) is 3.67. The highest BCUT2D eigenvalue weighted by Gasteiger charge is 2.28. The zero-order valence-corrected chi connectivity index (χ0v) is 11.3. The summed E-state index contributed by atoms with van der Waals surface area (Å²) in [7, 11) is 0. The molecule has 0 radical (unpaired) electrons. The monoisotopic (exact) mass is 224 g/mol. The van der Waals surface area contributed by atoms with Crippen LogP contribution in [0.3, 0.4) is 0 Å². The lowest BCUT2D eigenvalue weighted by atomic mass is 9.90. The van der Waals surface area contributed by atoms with Gasteiger partial charge in [0.2, 0.25) is 0 Å². The number of hydrogen-bond donors (Lipinski definition) is 1. The van der Waals surface area contributed by atoms with E-state index in [1.165, 1.54) is 51.9 Å². The van der Waals surface area contributed by atoms with Crippen LogP contribution in [0.15, 0.2) is 0 Å². The zero-order valence-electron chi connectivity index (χ0n) is 11.3. The first-order valence-corrected chi connectivity index (χ1v) is 7.05. The van der Waals surface area contributed by atoms with Crippen LogP contribution in [0, 0.1) is 11.3 Å². The molecule has 1 saturated carbocycles. The molecule has 2 heteroatoms. The number of rotatable bonds is 6. The minimum atomic E-state index is 0.499. The van der Waals surface area contributed by atoms with Gasteiger partial charge < -0.3 is 10.2 Å². The molecular weight excluding hydrogens is 196 g/mol. The molecular formula is C14H28N2. The Bertz CT molecular complexity index is 221. The summed E-state index contributed by atoms with van der Waals surface area (Å²) < 4.78 is 0. The summed E-state index contributed by atoms with van der Waals surface area (Å²) in [4.78, 5) is 2.67. The molecule has 0 amide bonds. The van der Waals surface area contributed by atoms with E-state index in [4.69, 9.17) is 0 Å². The molecule has 1 N–H and O–H groups in total. The molecule has 2 aliphatic rings. The molecule has 1 saturated heterocycles. The van der Waals surface area contributed by atoms with Crippen LogP contribution in [0.5, 0.6) is 0 Å². The van der Waals surface area contributed by atoms with Gasteiger partial charge in [-0.25, -0.2) is 0 Å². The van der Waals surface area contributed by atoms with E-state index in [9.17, 15) is 0 Å². The van der Waals surface area contributed by atoms with Crippen LogP contribution in [0.2, 0.25) is 0 Å². The Morgan fingerprint density at radius 3 is 2.62 bits per heavy atom. The molecule has 1 unspecified atom stereocenters. The average Bonchev–Trinajstić information content (AvgIpc) is 2.97. The van der Waals surface area contributed by atoms with Gasteiger partial charge in [0, 0.05) is 19.1 Å². The molecule has 1 aliphatic carbocycles. The largest absolute Gasteiger partial charge is 0.314 e. The van der Waals surface area contributed by atoms with Crippen molar-refractivity contribution in [1.82, 2.24) is 10.2 Å². The predicted molar refractivity (Wildman–Crippen MR) is 69.6 cm³/mol. The van der Waals surface area contributed by atoms with Crippen molar-refractivity contribution in [3.8, 4) is 0 Å². The highest BCUT2D eigenvalue weighted by Crippen LogP contribution is 2.26. The molecule has 2 rings (SSSR count). The lowest BCUT2D eigenvalue weighted by molar-refractivity contribution is 0.198. The predicted octanol–water partition coefficient (Wildman–Crippen LogP) is 2.50. The smallest absolute Gasteiger partial charge is 0.00683 e. The van der Waals surface area contributed by atoms with Gasteiger partial charge in [0.25, 0.3) is 0 Å². The van der Waals surface area contributed by atoms with Crippen LogP contribution in [-0.2, 0) is 0 Å². The SMILES string of the molecule is CCC(C)(C)CN1CCC(CNC2CC2)C1. The van der Waals surface area contributed by atoms with Crippen LogP contribution in [-0.4, -0.2) is 37.1 Å². The van der Waals surface area contributed by atoms with Crippen molar-refractivity contribution in [2.45, 2.75) is 52.5 Å². The third-order valence-corrected chi connectivity index (χ3v) is 4.25. The standard InChI is InChI=1S/C14H28N2/c1-4-14(2,3)11-16-8-7-12(10-16)9-15-13-5-6-13/h12-13,15H,4-11H2,1-3H3. The molecule has 1 aliphatic heterocycles. The molecule has 0 aromatic carbocycles. The lowest BCUT2D eigenvalue weighted by Gasteiger charge is -2.29. The Morgan fingerprint density at radius 1 is 1.25 bits per heavy atom. The summed E-state index contributed by atoms with van der Waals surface area (Å²) in [5.74, 6) is 0.910. The zero-order chi connectivity index (χ0) is 11.6. The Hall–Kier alpha value is -0.0800. The fourth-order valence-corrected chi connectivity index (χ4v) is 2.56. The van der Waals surface area contributed by atoms with Gasteiger partial charge in [0.15, 0.2) is 0 Å². The van der Waals surface area contributed by atoms with E-state index < -0.39 is 0 Å². The first-order chi connectivity index (χ1) is 7.59. The van der Waals surface area contributed by atoms with Crippen LogP contribution in [0.1, 0.15) is 46.5 Å². The Morgan fingerprint density at radius 2 is 2.00 bits per heavy atom. The molecule has 2 nitrogen and oxygen atoms in total. The van der Waals surface area contributed by atoms with Gasteiger partial charge in [0.05, 0.1) is 0 Å². The van der Waals surface area contributed by atoms with E-state index in [1.807, 2.05) is 0 Å². The number of hydrogen-bond acceptors (Lipinski definition) is 2. The van der Waals surface area contributed by atoms with Crippen molar-refractivity contribution in [1.29, 1.82) is 0 Å². The Labute approximate surface area is 101 Å². The van der Waals surface area contributed by atoms with Gasteiger partial charge in [-0.1, -0.05) is 20.8 Å². The minimum Gasteiger partial charge on any atom is -0.314 e. The van der Waals surface area contributed by atoms with E-state index in [2.05, 4.69) is 31.0 Å². The fraction of sp³-hybridized carbons (Fsp3) is 1.00. The van der Waals surface area contributed by atoms with Crippen LogP contribution < -0.4 is 5.32 Å². The number of nitrogens with one attached hydrogen (secondary N) is 1. The van der Waals surface area contributed by atoms with Gasteiger partial charge in [-0.05, 0) is 50.1 Å². The van der Waals surface area contributed by atoms with E-state index in [0.29, 0.717) is 5.41 Å². The molecule has 0 spiro atoms. The third-order valence-electron chi connectivity index (χ3n) is 4.25. The van der Waals surface area contributed by atoms with Crippen LogP contribution in [0.25, 0.3) is 0 Å². The summed E-state index contributed by atoms with van der Waals surface area (Å²) in [6.45, 7) is 12.3. The topological polar surface area (TPSA) is 15.3 Å². The molecule has 0 aromatic rings. The van der Waals surface area contributed by atoms with Crippen molar-refractivity contribution in [2.24, 2.45) is 11.3 Å². The second-order valence-electron chi connectivity index (χ2n) is 6.59. The van der Waals surface area contributed by atoms with Gasteiger partial charge in [-0.2, -0.15) is 0 Å². The highest BCUT2D eigenvalue weighted by atomic mass is 15.2. The van der Waals surface area contributed by atoms with Gasteiger partial charge in [-0.15, -0.1) is 0 Å². The molecule has 0 bridgehead atoms. The van der Waals surface area contributed by atoms with Crippen molar-refractivity contribution in [2.75, 3.05) is 26.2 Å². The van der Waals surface area contributed by atoms with Crippen LogP contribution >= 0.6 is 0 Å². The molecule has 94 valence electrons. The Balaban J connectivity index is 1.66. The summed E-state index contributed by atoms with van der Waals surface area (Å²) in [6.07, 6.45) is 5.52. The average molecular weight is 224 g/mol. The van der Waals surface area contributed by atoms with Gasteiger partial charge in [0.1, 0.15) is 0 Å². The second-order valence-corrected chi connectivity index (χ2v) is 6.59. The maximum atomic E-state index is 3.67. The van der Waals surface area contributed by atoms with Crippen molar-refractivity contribution < 1.29 is 0 Å². The van der Waals surface area contributed by atoms with Gasteiger partial charge >= 0.3 is 0 Å². The van der Waals surface area contributed by atoms with Gasteiger partial charge in [-0.3, -0.25) is 0 Å². The summed E-state index contributed by atoms with van der Waals surface area (Å²) >= 11 is 0. The number of likely N-dealkylation sites (tertiary alicyclic amines) is 1. The summed E-state index contributed by atoms with van der Waals surface area (Å²) in [6, 6.07) is 0.876. The maximum Gasteiger partial charge on any atom is 0.00683 e. The third kappa shape index (κ3) is 3.74. The quantitative estimate of drug-likeness (QED) is 0.746. The molecule has 1 heterocycles. The fourth-order valence-electron chi connectivity index (χ4n) is 2.56. The maximum absolute atomic E-state index is 3.67. The minimum absolute atomic E-state index is 0.499. The first-order valence-electron chi connectivity index (χ1n) is 7.05. The van der Waals surface area contributed by atoms with E-state index >= 15 is 0 Å². The molecule has 2 fully saturated rings. The lowest BCUT2D eigenvalue weighted by Crippen LogP contribution is -2.33. The van der Waals surface area contributed by atoms with Crippen LogP contribution in [0.4, 0.5) is 0 Å². The second kappa shape index (κ2) is 5.05. The van der Waals surface area contributed by atoms with E-state index in [0.717, 1.165) is 12.0 Å². The van der Waals surface area contributed by atoms with Crippen molar-refractivity contribution in [3.05, 3.63) is 0 Å². The first kappa shape index (κ1) is 12.4. The highest BCUT2D eigenvalue weighted by molar-refractivity contribution is 4.85. The van der Waals surface area contributed by atoms with E-state index in [1.54, 1.807) is 0 Å². The van der Waals surface area contributed by atoms with E-state index in [-0.39, 0.29) is 0 Å². The van der Waals surface area contributed by atoms with Crippen molar-refractivity contribution >= 4 is 0 Å². The normalized spacial score (nSPS) is 27.6. The Kier molecular flexibility index (Phi) is 3.91. The summed E-state index contributed by atoms with van der Waals surface area (Å²) in [5.41, 5.74) is 0.499. The molecule has 0 aromatic heterocycles.